The van der Waals surface area contributed by atoms with Gasteiger partial charge in [-0.25, -0.2) is 12.8 Å². The van der Waals surface area contributed by atoms with Crippen LogP contribution in [0.1, 0.15) is 25.3 Å². The maximum Gasteiger partial charge on any atom is 0.185 e. The minimum absolute atomic E-state index is 0.00677. The molecule has 0 aromatic heterocycles. The number of halogens is 1. The smallest absolute Gasteiger partial charge is 0.185 e. The summed E-state index contributed by atoms with van der Waals surface area (Å²) in [5.41, 5.74) is 5.86. The van der Waals surface area contributed by atoms with Crippen LogP contribution in [-0.4, -0.2) is 20.7 Å². The van der Waals surface area contributed by atoms with E-state index in [2.05, 4.69) is 0 Å². The SMILES string of the molecule is CC(C)c1ccccc1S(=O)(=O)C/C(F)=C/CN. The highest BCUT2D eigenvalue weighted by atomic mass is 32.2. The van der Waals surface area contributed by atoms with Crippen LogP contribution >= 0.6 is 0 Å². The van der Waals surface area contributed by atoms with Crippen molar-refractivity contribution in [3.05, 3.63) is 41.7 Å². The van der Waals surface area contributed by atoms with Crippen LogP contribution in [0, 0.1) is 0 Å². The topological polar surface area (TPSA) is 60.2 Å². The van der Waals surface area contributed by atoms with Gasteiger partial charge < -0.3 is 5.73 Å². The van der Waals surface area contributed by atoms with Gasteiger partial charge in [0.2, 0.25) is 0 Å². The molecule has 0 aliphatic rings. The molecule has 0 bridgehead atoms. The molecular formula is C13H18FNO2S. The number of hydrogen-bond donors (Lipinski definition) is 1. The van der Waals surface area contributed by atoms with Crippen molar-refractivity contribution in [3.63, 3.8) is 0 Å². The Labute approximate surface area is 107 Å². The predicted molar refractivity (Wildman–Crippen MR) is 70.8 cm³/mol. The van der Waals surface area contributed by atoms with Gasteiger partial charge in [-0.2, -0.15) is 0 Å². The summed E-state index contributed by atoms with van der Waals surface area (Å²) in [6.07, 6.45) is 1.08. The molecule has 0 atom stereocenters. The lowest BCUT2D eigenvalue weighted by atomic mass is 10.0. The third-order valence-corrected chi connectivity index (χ3v) is 4.24. The van der Waals surface area contributed by atoms with Gasteiger partial charge in [0.1, 0.15) is 11.6 Å². The van der Waals surface area contributed by atoms with Crippen LogP contribution in [-0.2, 0) is 9.84 Å². The van der Waals surface area contributed by atoms with E-state index in [1.54, 1.807) is 18.2 Å². The van der Waals surface area contributed by atoms with Crippen LogP contribution in [0.2, 0.25) is 0 Å². The average molecular weight is 271 g/mol. The molecule has 0 amide bonds. The first kappa shape index (κ1) is 14.9. The molecule has 1 aromatic rings. The number of rotatable bonds is 5. The summed E-state index contributed by atoms with van der Waals surface area (Å²) < 4.78 is 37.6. The summed E-state index contributed by atoms with van der Waals surface area (Å²) >= 11 is 0. The molecule has 0 fully saturated rings. The monoisotopic (exact) mass is 271 g/mol. The molecule has 0 radical (unpaired) electrons. The van der Waals surface area contributed by atoms with Crippen LogP contribution in [0.25, 0.3) is 0 Å². The van der Waals surface area contributed by atoms with Gasteiger partial charge in [-0.3, -0.25) is 0 Å². The van der Waals surface area contributed by atoms with Crippen LogP contribution in [0.4, 0.5) is 4.39 Å². The summed E-state index contributed by atoms with van der Waals surface area (Å²) in [7, 11) is -3.66. The van der Waals surface area contributed by atoms with Crippen molar-refractivity contribution in [1.29, 1.82) is 0 Å². The fourth-order valence-corrected chi connectivity index (χ4v) is 3.27. The Kier molecular flexibility index (Phi) is 5.04. The van der Waals surface area contributed by atoms with Gasteiger partial charge in [-0.1, -0.05) is 32.0 Å². The van der Waals surface area contributed by atoms with E-state index >= 15 is 0 Å². The van der Waals surface area contributed by atoms with E-state index in [0.717, 1.165) is 6.08 Å². The highest BCUT2D eigenvalue weighted by Gasteiger charge is 2.21. The minimum atomic E-state index is -3.66. The molecule has 1 aromatic carbocycles. The van der Waals surface area contributed by atoms with Gasteiger partial charge in [0.15, 0.2) is 9.84 Å². The molecule has 0 aliphatic carbocycles. The molecule has 0 saturated heterocycles. The average Bonchev–Trinajstić information content (AvgIpc) is 2.28. The molecule has 2 N–H and O–H groups in total. The summed E-state index contributed by atoms with van der Waals surface area (Å²) in [6.45, 7) is 3.80. The zero-order valence-electron chi connectivity index (χ0n) is 10.6. The van der Waals surface area contributed by atoms with Gasteiger partial charge >= 0.3 is 0 Å². The first-order valence-electron chi connectivity index (χ1n) is 5.74. The van der Waals surface area contributed by atoms with E-state index in [4.69, 9.17) is 5.73 Å². The molecule has 100 valence electrons. The van der Waals surface area contributed by atoms with E-state index in [1.807, 2.05) is 13.8 Å². The van der Waals surface area contributed by atoms with Gasteiger partial charge in [-0.05, 0) is 23.6 Å². The molecule has 0 spiro atoms. The van der Waals surface area contributed by atoms with Gasteiger partial charge in [0.05, 0.1) is 4.90 Å². The Bertz CT molecular complexity index is 536. The predicted octanol–water partition coefficient (Wildman–Crippen LogP) is 2.40. The Balaban J connectivity index is 3.17. The zero-order valence-corrected chi connectivity index (χ0v) is 11.4. The highest BCUT2D eigenvalue weighted by Crippen LogP contribution is 2.25. The standard InChI is InChI=1S/C13H18FNO2S/c1-10(2)12-5-3-4-6-13(12)18(16,17)9-11(14)7-8-15/h3-7,10H,8-9,15H2,1-2H3/b11-7-. The number of sulfone groups is 1. The quantitative estimate of drug-likeness (QED) is 0.894. The highest BCUT2D eigenvalue weighted by molar-refractivity contribution is 7.91. The van der Waals surface area contributed by atoms with Gasteiger partial charge in [-0.15, -0.1) is 0 Å². The molecule has 0 aliphatic heterocycles. The summed E-state index contributed by atoms with van der Waals surface area (Å²) in [5, 5.41) is 0. The molecule has 0 unspecified atom stereocenters. The van der Waals surface area contributed by atoms with Crippen molar-refractivity contribution in [1.82, 2.24) is 0 Å². The van der Waals surface area contributed by atoms with Crippen molar-refractivity contribution in [2.75, 3.05) is 12.3 Å². The molecule has 0 saturated carbocycles. The Morgan fingerprint density at radius 1 is 1.39 bits per heavy atom. The molecule has 5 heteroatoms. The van der Waals surface area contributed by atoms with Crippen molar-refractivity contribution in [3.8, 4) is 0 Å². The lowest BCUT2D eigenvalue weighted by Gasteiger charge is -2.12. The lowest BCUT2D eigenvalue weighted by molar-refractivity contribution is 0.581. The zero-order chi connectivity index (χ0) is 13.8. The second-order valence-corrected chi connectivity index (χ2v) is 6.30. The van der Waals surface area contributed by atoms with Gasteiger partial charge in [0, 0.05) is 6.54 Å². The first-order valence-corrected chi connectivity index (χ1v) is 7.40. The molecule has 1 rings (SSSR count). The van der Waals surface area contributed by atoms with Crippen molar-refractivity contribution in [2.24, 2.45) is 5.73 Å². The molecular weight excluding hydrogens is 253 g/mol. The summed E-state index contributed by atoms with van der Waals surface area (Å²) in [6, 6.07) is 6.69. The van der Waals surface area contributed by atoms with E-state index in [9.17, 15) is 12.8 Å². The fourth-order valence-electron chi connectivity index (χ4n) is 1.69. The molecule has 3 nitrogen and oxygen atoms in total. The van der Waals surface area contributed by atoms with E-state index in [1.165, 1.54) is 6.07 Å². The maximum absolute atomic E-state index is 13.3. The van der Waals surface area contributed by atoms with Crippen molar-refractivity contribution in [2.45, 2.75) is 24.7 Å². The van der Waals surface area contributed by atoms with Crippen molar-refractivity contribution < 1.29 is 12.8 Å². The van der Waals surface area contributed by atoms with Crippen LogP contribution in [0.5, 0.6) is 0 Å². The van der Waals surface area contributed by atoms with Crippen LogP contribution < -0.4 is 5.73 Å². The maximum atomic E-state index is 13.3. The molecule has 18 heavy (non-hydrogen) atoms. The van der Waals surface area contributed by atoms with Crippen molar-refractivity contribution >= 4 is 9.84 Å². The normalized spacial score (nSPS) is 13.1. The Hall–Kier alpha value is -1.20. The first-order chi connectivity index (χ1) is 8.38. The minimum Gasteiger partial charge on any atom is -0.327 e. The van der Waals surface area contributed by atoms with Crippen LogP contribution in [0.3, 0.4) is 0 Å². The Morgan fingerprint density at radius 3 is 2.56 bits per heavy atom. The second kappa shape index (κ2) is 6.11. The number of benzene rings is 1. The van der Waals surface area contributed by atoms with Gasteiger partial charge in [0.25, 0.3) is 0 Å². The van der Waals surface area contributed by atoms with E-state index < -0.39 is 21.4 Å². The third-order valence-electron chi connectivity index (χ3n) is 2.54. The molecule has 0 heterocycles. The summed E-state index contributed by atoms with van der Waals surface area (Å²) in [5.74, 6) is -1.28. The summed E-state index contributed by atoms with van der Waals surface area (Å²) in [4.78, 5) is 0.195. The number of nitrogens with two attached hydrogens (primary N) is 1. The van der Waals surface area contributed by atoms with Crippen LogP contribution in [0.15, 0.2) is 41.1 Å². The Morgan fingerprint density at radius 2 is 2.00 bits per heavy atom. The number of hydrogen-bond acceptors (Lipinski definition) is 3. The third kappa shape index (κ3) is 3.65. The van der Waals surface area contributed by atoms with E-state index in [0.29, 0.717) is 5.56 Å². The second-order valence-electron chi connectivity index (χ2n) is 4.34. The van der Waals surface area contributed by atoms with E-state index in [-0.39, 0.29) is 17.4 Å². The largest absolute Gasteiger partial charge is 0.327 e. The lowest BCUT2D eigenvalue weighted by Crippen LogP contribution is -2.11. The fraction of sp³-hybridized carbons (Fsp3) is 0.385.